The highest BCUT2D eigenvalue weighted by Crippen LogP contribution is 2.24. The number of urea groups is 1. The van der Waals surface area contributed by atoms with Crippen molar-refractivity contribution in [1.29, 1.82) is 0 Å². The van der Waals surface area contributed by atoms with Crippen molar-refractivity contribution < 1.29 is 18.8 Å². The smallest absolute Gasteiger partial charge is 0.322 e. The highest BCUT2D eigenvalue weighted by Gasteiger charge is 2.29. The number of hydrogen-bond acceptors (Lipinski definition) is 5. The fourth-order valence-electron chi connectivity index (χ4n) is 3.28. The SMILES string of the molecule is CCOc1ccc(NC(=O)N2CCc3onc(C(=O)Nc4ccccc4)c3C2)cc1. The molecular weight excluding hydrogens is 384 g/mol. The van der Waals surface area contributed by atoms with Gasteiger partial charge in [0.1, 0.15) is 11.5 Å². The lowest BCUT2D eigenvalue weighted by Crippen LogP contribution is -2.39. The number of para-hydroxylation sites is 1. The molecule has 3 amide bonds. The van der Waals surface area contributed by atoms with Crippen molar-refractivity contribution in [2.75, 3.05) is 23.8 Å². The minimum Gasteiger partial charge on any atom is -0.494 e. The van der Waals surface area contributed by atoms with Crippen LogP contribution < -0.4 is 15.4 Å². The van der Waals surface area contributed by atoms with Crippen LogP contribution in [0.4, 0.5) is 16.2 Å². The fourth-order valence-corrected chi connectivity index (χ4v) is 3.28. The van der Waals surface area contributed by atoms with Crippen LogP contribution in [0.5, 0.6) is 5.75 Å². The van der Waals surface area contributed by atoms with Crippen LogP contribution in [0, 0.1) is 0 Å². The van der Waals surface area contributed by atoms with Gasteiger partial charge in [-0.15, -0.1) is 0 Å². The molecule has 0 saturated carbocycles. The van der Waals surface area contributed by atoms with Crippen molar-refractivity contribution in [2.45, 2.75) is 19.9 Å². The van der Waals surface area contributed by atoms with Gasteiger partial charge in [0.25, 0.3) is 5.91 Å². The number of carbonyl (C=O) groups excluding carboxylic acids is 2. The summed E-state index contributed by atoms with van der Waals surface area (Å²) in [5.41, 5.74) is 2.17. The first-order valence-electron chi connectivity index (χ1n) is 9.76. The number of ether oxygens (including phenoxy) is 1. The van der Waals surface area contributed by atoms with E-state index >= 15 is 0 Å². The first kappa shape index (κ1) is 19.5. The molecule has 0 aliphatic carbocycles. The molecule has 1 aliphatic rings. The summed E-state index contributed by atoms with van der Waals surface area (Å²) in [5.74, 6) is 1.02. The Hall–Kier alpha value is -3.81. The van der Waals surface area contributed by atoms with Crippen molar-refractivity contribution in [1.82, 2.24) is 10.1 Å². The quantitative estimate of drug-likeness (QED) is 0.670. The molecule has 0 unspecified atom stereocenters. The van der Waals surface area contributed by atoms with Crippen LogP contribution in [-0.4, -0.2) is 35.1 Å². The Kier molecular flexibility index (Phi) is 5.65. The third-order valence-corrected chi connectivity index (χ3v) is 4.78. The Morgan fingerprint density at radius 2 is 1.80 bits per heavy atom. The van der Waals surface area contributed by atoms with Crippen molar-refractivity contribution in [3.05, 3.63) is 71.6 Å². The number of benzene rings is 2. The number of nitrogens with one attached hydrogen (secondary N) is 2. The van der Waals surface area contributed by atoms with Crippen molar-refractivity contribution >= 4 is 23.3 Å². The summed E-state index contributed by atoms with van der Waals surface area (Å²) in [6.07, 6.45) is 0.498. The summed E-state index contributed by atoms with van der Waals surface area (Å²) in [6.45, 7) is 3.23. The molecular formula is C22H22N4O4. The number of hydrogen-bond donors (Lipinski definition) is 2. The maximum Gasteiger partial charge on any atom is 0.322 e. The molecule has 154 valence electrons. The molecule has 0 saturated heterocycles. The van der Waals surface area contributed by atoms with E-state index < -0.39 is 0 Å². The van der Waals surface area contributed by atoms with E-state index in [9.17, 15) is 9.59 Å². The van der Waals surface area contributed by atoms with Gasteiger partial charge in [-0.25, -0.2) is 4.79 Å². The maximum absolute atomic E-state index is 12.7. The van der Waals surface area contributed by atoms with Crippen molar-refractivity contribution in [3.63, 3.8) is 0 Å². The average Bonchev–Trinajstić information content (AvgIpc) is 3.19. The highest BCUT2D eigenvalue weighted by atomic mass is 16.5. The van der Waals surface area contributed by atoms with Gasteiger partial charge in [0.05, 0.1) is 13.2 Å². The molecule has 8 nitrogen and oxygen atoms in total. The van der Waals surface area contributed by atoms with Crippen molar-refractivity contribution in [3.8, 4) is 5.75 Å². The van der Waals surface area contributed by atoms with Gasteiger partial charge in [-0.2, -0.15) is 0 Å². The van der Waals surface area contributed by atoms with Gasteiger partial charge in [0.2, 0.25) is 0 Å². The lowest BCUT2D eigenvalue weighted by Gasteiger charge is -2.26. The first-order chi connectivity index (χ1) is 14.6. The molecule has 2 N–H and O–H groups in total. The molecule has 1 aromatic heterocycles. The lowest BCUT2D eigenvalue weighted by molar-refractivity contribution is 0.101. The van der Waals surface area contributed by atoms with Gasteiger partial charge in [-0.3, -0.25) is 4.79 Å². The molecule has 0 fully saturated rings. The predicted molar refractivity (Wildman–Crippen MR) is 112 cm³/mol. The molecule has 8 heteroatoms. The Balaban J connectivity index is 1.43. The van der Waals surface area contributed by atoms with Crippen LogP contribution in [0.3, 0.4) is 0 Å². The van der Waals surface area contributed by atoms with E-state index in [0.29, 0.717) is 42.3 Å². The predicted octanol–water partition coefficient (Wildman–Crippen LogP) is 3.92. The summed E-state index contributed by atoms with van der Waals surface area (Å²) >= 11 is 0. The van der Waals surface area contributed by atoms with E-state index in [0.717, 1.165) is 5.75 Å². The van der Waals surface area contributed by atoms with E-state index in [2.05, 4.69) is 15.8 Å². The van der Waals surface area contributed by atoms with Crippen LogP contribution in [-0.2, 0) is 13.0 Å². The van der Waals surface area contributed by atoms with Crippen LogP contribution in [0.1, 0.15) is 28.7 Å². The van der Waals surface area contributed by atoms with Crippen LogP contribution in [0.25, 0.3) is 0 Å². The van der Waals surface area contributed by atoms with Gasteiger partial charge in [-0.1, -0.05) is 23.4 Å². The fraction of sp³-hybridized carbons (Fsp3) is 0.227. The van der Waals surface area contributed by atoms with Crippen molar-refractivity contribution in [2.24, 2.45) is 0 Å². The zero-order valence-corrected chi connectivity index (χ0v) is 16.6. The molecule has 4 rings (SSSR count). The van der Waals surface area contributed by atoms with Gasteiger partial charge in [0, 0.05) is 29.9 Å². The number of fused-ring (bicyclic) bond motifs is 1. The molecule has 0 atom stereocenters. The van der Waals surface area contributed by atoms with Crippen LogP contribution in [0.2, 0.25) is 0 Å². The molecule has 3 aromatic rings. The number of aromatic nitrogens is 1. The molecule has 0 spiro atoms. The minimum absolute atomic E-state index is 0.201. The number of rotatable bonds is 5. The second kappa shape index (κ2) is 8.69. The molecule has 1 aliphatic heterocycles. The molecule has 0 bridgehead atoms. The number of carbonyl (C=O) groups is 2. The standard InChI is InChI=1S/C22H22N4O4/c1-2-29-17-10-8-16(9-11-17)24-22(28)26-13-12-19-18(14-26)20(25-30-19)21(27)23-15-6-4-3-5-7-15/h3-11H,2,12-14H2,1H3,(H,23,27)(H,24,28). The monoisotopic (exact) mass is 406 g/mol. The molecule has 0 radical (unpaired) electrons. The van der Waals surface area contributed by atoms with Gasteiger partial charge in [-0.05, 0) is 43.3 Å². The second-order valence-electron chi connectivity index (χ2n) is 6.81. The van der Waals surface area contributed by atoms with Gasteiger partial charge in [0.15, 0.2) is 5.69 Å². The van der Waals surface area contributed by atoms with E-state index in [1.807, 2.05) is 25.1 Å². The Bertz CT molecular complexity index is 1030. The highest BCUT2D eigenvalue weighted by molar-refractivity contribution is 6.04. The Labute approximate surface area is 173 Å². The molecule has 2 heterocycles. The largest absolute Gasteiger partial charge is 0.494 e. The topological polar surface area (TPSA) is 96.7 Å². The summed E-state index contributed by atoms with van der Waals surface area (Å²) < 4.78 is 10.8. The molecule has 2 aromatic carbocycles. The third kappa shape index (κ3) is 4.27. The normalized spacial score (nSPS) is 12.8. The zero-order valence-electron chi connectivity index (χ0n) is 16.6. The zero-order chi connectivity index (χ0) is 20.9. The maximum atomic E-state index is 12.7. The Morgan fingerprint density at radius 1 is 1.07 bits per heavy atom. The summed E-state index contributed by atoms with van der Waals surface area (Å²) in [7, 11) is 0. The minimum atomic E-state index is -0.361. The second-order valence-corrected chi connectivity index (χ2v) is 6.81. The number of anilines is 2. The molecule has 30 heavy (non-hydrogen) atoms. The van der Waals surface area contributed by atoms with Crippen LogP contribution in [0.15, 0.2) is 59.1 Å². The summed E-state index contributed by atoms with van der Waals surface area (Å²) in [4.78, 5) is 27.0. The van der Waals surface area contributed by atoms with E-state index in [1.54, 1.807) is 41.3 Å². The van der Waals surface area contributed by atoms with E-state index in [4.69, 9.17) is 9.26 Å². The summed E-state index contributed by atoms with van der Waals surface area (Å²) in [6, 6.07) is 16.1. The summed E-state index contributed by atoms with van der Waals surface area (Å²) in [5, 5.41) is 9.61. The first-order valence-corrected chi connectivity index (χ1v) is 9.76. The van der Waals surface area contributed by atoms with Crippen LogP contribution >= 0.6 is 0 Å². The van der Waals surface area contributed by atoms with E-state index in [1.165, 1.54) is 0 Å². The van der Waals surface area contributed by atoms with Gasteiger partial charge >= 0.3 is 6.03 Å². The third-order valence-electron chi connectivity index (χ3n) is 4.78. The number of amides is 3. The average molecular weight is 406 g/mol. The van der Waals surface area contributed by atoms with E-state index in [-0.39, 0.29) is 24.2 Å². The Morgan fingerprint density at radius 3 is 2.53 bits per heavy atom. The lowest BCUT2D eigenvalue weighted by atomic mass is 10.1. The number of nitrogens with zero attached hydrogens (tertiary/aromatic N) is 2. The van der Waals surface area contributed by atoms with Gasteiger partial charge < -0.3 is 24.8 Å².